The van der Waals surface area contributed by atoms with E-state index in [4.69, 9.17) is 0 Å². The first kappa shape index (κ1) is 30.1. The maximum absolute atomic E-state index is 15.7. The van der Waals surface area contributed by atoms with Crippen LogP contribution in [0.2, 0.25) is 0 Å². The summed E-state index contributed by atoms with van der Waals surface area (Å²) >= 11 is 0. The van der Waals surface area contributed by atoms with Gasteiger partial charge in [-0.3, -0.25) is 0 Å². The Morgan fingerprint density at radius 2 is 0.542 bits per heavy atom. The molecule has 0 fully saturated rings. The molecule has 0 aliphatic rings. The average Bonchev–Trinajstić information content (AvgIpc) is 3.17. The van der Waals surface area contributed by atoms with E-state index in [1.807, 2.05) is 146 Å². The molecular formula is C44H32O2P2. The standard InChI is InChI=1S/C44H32O2P2/c45-47(35-19-5-1-6-20-35,36-21-7-2-8-22-36)39-29-33-17-13-15-27-41(33)43(31-39)44-32-40(30-34-18-14-16-28-42(34)44)48(46,37-23-9-3-10-24-37)38-25-11-4-12-26-38/h1-32H. The van der Waals surface area contributed by atoms with Crippen molar-refractivity contribution in [1.82, 2.24) is 0 Å². The summed E-state index contributed by atoms with van der Waals surface area (Å²) in [6.07, 6.45) is 0. The number of benzene rings is 8. The van der Waals surface area contributed by atoms with Gasteiger partial charge in [-0.05, 0) is 56.9 Å². The Kier molecular flexibility index (Phi) is 7.78. The normalized spacial score (nSPS) is 11.9. The smallest absolute Gasteiger partial charge is 0.171 e. The van der Waals surface area contributed by atoms with Gasteiger partial charge < -0.3 is 9.13 Å². The van der Waals surface area contributed by atoms with Gasteiger partial charge >= 0.3 is 0 Å². The third-order valence-corrected chi connectivity index (χ3v) is 15.3. The van der Waals surface area contributed by atoms with Crippen LogP contribution in [0.1, 0.15) is 0 Å². The van der Waals surface area contributed by atoms with Crippen molar-refractivity contribution in [2.24, 2.45) is 0 Å². The summed E-state index contributed by atoms with van der Waals surface area (Å²) in [7, 11) is -6.57. The van der Waals surface area contributed by atoms with Gasteiger partial charge in [0, 0.05) is 31.8 Å². The second kappa shape index (κ2) is 12.4. The van der Waals surface area contributed by atoms with Gasteiger partial charge in [0.25, 0.3) is 0 Å². The first-order chi connectivity index (χ1) is 23.6. The first-order valence-electron chi connectivity index (χ1n) is 16.1. The lowest BCUT2D eigenvalue weighted by Gasteiger charge is -2.24. The highest BCUT2D eigenvalue weighted by molar-refractivity contribution is 7.85. The molecular weight excluding hydrogens is 622 g/mol. The predicted molar refractivity (Wildman–Crippen MR) is 206 cm³/mol. The van der Waals surface area contributed by atoms with Crippen molar-refractivity contribution in [3.63, 3.8) is 0 Å². The van der Waals surface area contributed by atoms with Crippen LogP contribution in [-0.2, 0) is 9.13 Å². The van der Waals surface area contributed by atoms with Gasteiger partial charge in [0.2, 0.25) is 0 Å². The summed E-state index contributed by atoms with van der Waals surface area (Å²) in [5.41, 5.74) is 1.92. The lowest BCUT2D eigenvalue weighted by Crippen LogP contribution is -2.26. The van der Waals surface area contributed by atoms with Crippen LogP contribution in [0.3, 0.4) is 0 Å². The molecule has 0 saturated carbocycles. The molecule has 230 valence electrons. The highest BCUT2D eigenvalue weighted by Gasteiger charge is 2.33. The number of hydrogen-bond donors (Lipinski definition) is 0. The molecule has 0 spiro atoms. The molecule has 48 heavy (non-hydrogen) atoms. The fraction of sp³-hybridized carbons (Fsp3) is 0. The van der Waals surface area contributed by atoms with Crippen LogP contribution in [0.4, 0.5) is 0 Å². The van der Waals surface area contributed by atoms with Crippen LogP contribution >= 0.6 is 14.3 Å². The summed E-state index contributed by atoms with van der Waals surface area (Å²) in [6.45, 7) is 0. The van der Waals surface area contributed by atoms with E-state index < -0.39 is 14.3 Å². The number of fused-ring (bicyclic) bond motifs is 2. The Hall–Kier alpha value is -5.26. The van der Waals surface area contributed by atoms with Crippen molar-refractivity contribution in [2.45, 2.75) is 0 Å². The summed E-state index contributed by atoms with van der Waals surface area (Å²) in [5.74, 6) is 0. The van der Waals surface area contributed by atoms with E-state index in [-0.39, 0.29) is 0 Å². The zero-order valence-electron chi connectivity index (χ0n) is 26.2. The molecule has 0 unspecified atom stereocenters. The minimum Gasteiger partial charge on any atom is -0.309 e. The molecule has 0 atom stereocenters. The Balaban J connectivity index is 1.47. The van der Waals surface area contributed by atoms with Crippen LogP contribution in [0.25, 0.3) is 32.7 Å². The molecule has 8 aromatic rings. The van der Waals surface area contributed by atoms with Crippen molar-refractivity contribution in [1.29, 1.82) is 0 Å². The quantitative estimate of drug-likeness (QED) is 0.161. The maximum Gasteiger partial charge on any atom is 0.171 e. The fourth-order valence-corrected chi connectivity index (χ4v) is 12.3. The minimum absolute atomic E-state index is 0.761. The Morgan fingerprint density at radius 3 is 0.854 bits per heavy atom. The lowest BCUT2D eigenvalue weighted by molar-refractivity contribution is 0.591. The summed E-state index contributed by atoms with van der Waals surface area (Å²) in [4.78, 5) is 0. The van der Waals surface area contributed by atoms with Gasteiger partial charge in [0.15, 0.2) is 14.3 Å². The Labute approximate surface area is 281 Å². The van der Waals surface area contributed by atoms with Gasteiger partial charge in [-0.2, -0.15) is 0 Å². The van der Waals surface area contributed by atoms with Crippen LogP contribution < -0.4 is 31.8 Å². The summed E-state index contributed by atoms with van der Waals surface area (Å²) in [6, 6.07) is 64.2. The van der Waals surface area contributed by atoms with E-state index in [1.54, 1.807) is 0 Å². The van der Waals surface area contributed by atoms with E-state index in [0.717, 1.165) is 64.5 Å². The third-order valence-electron chi connectivity index (χ3n) is 9.19. The molecule has 0 heterocycles. The predicted octanol–water partition coefficient (Wildman–Crippen LogP) is 8.94. The molecule has 2 nitrogen and oxygen atoms in total. The Bertz CT molecular complexity index is 2230. The zero-order valence-corrected chi connectivity index (χ0v) is 28.0. The van der Waals surface area contributed by atoms with Crippen LogP contribution in [-0.4, -0.2) is 0 Å². The first-order valence-corrected chi connectivity index (χ1v) is 19.5. The summed E-state index contributed by atoms with van der Waals surface area (Å²) < 4.78 is 31.3. The van der Waals surface area contributed by atoms with Crippen molar-refractivity contribution in [3.05, 3.63) is 194 Å². The zero-order chi connectivity index (χ0) is 32.6. The molecule has 0 radical (unpaired) electrons. The van der Waals surface area contributed by atoms with E-state index >= 15 is 9.13 Å². The summed E-state index contributed by atoms with van der Waals surface area (Å²) in [5, 5.41) is 8.76. The molecule has 0 bridgehead atoms. The van der Waals surface area contributed by atoms with Crippen LogP contribution in [0, 0.1) is 0 Å². The second-order valence-corrected chi connectivity index (χ2v) is 17.5. The van der Waals surface area contributed by atoms with Gasteiger partial charge in [-0.25, -0.2) is 0 Å². The van der Waals surface area contributed by atoms with E-state index in [1.165, 1.54) is 0 Å². The molecule has 0 saturated heterocycles. The van der Waals surface area contributed by atoms with Crippen molar-refractivity contribution in [2.75, 3.05) is 0 Å². The molecule has 0 aliphatic carbocycles. The molecule has 0 aliphatic heterocycles. The third kappa shape index (κ3) is 5.06. The Morgan fingerprint density at radius 1 is 0.271 bits per heavy atom. The highest BCUT2D eigenvalue weighted by atomic mass is 31.2. The molecule has 0 N–H and O–H groups in total. The van der Waals surface area contributed by atoms with Gasteiger partial charge in [-0.1, -0.05) is 170 Å². The van der Waals surface area contributed by atoms with Crippen molar-refractivity contribution >= 4 is 67.7 Å². The van der Waals surface area contributed by atoms with Crippen molar-refractivity contribution in [3.8, 4) is 11.1 Å². The fourth-order valence-electron chi connectivity index (χ4n) is 6.84. The van der Waals surface area contributed by atoms with E-state index in [0.29, 0.717) is 0 Å². The number of hydrogen-bond acceptors (Lipinski definition) is 2. The minimum atomic E-state index is -3.28. The van der Waals surface area contributed by atoms with E-state index in [2.05, 4.69) is 48.5 Å². The van der Waals surface area contributed by atoms with Crippen LogP contribution in [0.5, 0.6) is 0 Å². The number of rotatable bonds is 7. The topological polar surface area (TPSA) is 34.1 Å². The maximum atomic E-state index is 15.7. The molecule has 0 amide bonds. The highest BCUT2D eigenvalue weighted by Crippen LogP contribution is 2.47. The SMILES string of the molecule is O=P(c1ccccc1)(c1ccccc1)c1cc(-c2cc(P(=O)(c3ccccc3)c3ccccc3)cc3ccccc23)c2ccccc2c1. The van der Waals surface area contributed by atoms with Gasteiger partial charge in [-0.15, -0.1) is 0 Å². The monoisotopic (exact) mass is 654 g/mol. The molecule has 8 aromatic carbocycles. The van der Waals surface area contributed by atoms with Crippen LogP contribution in [0.15, 0.2) is 194 Å². The largest absolute Gasteiger partial charge is 0.309 e. The molecule has 0 aromatic heterocycles. The van der Waals surface area contributed by atoms with E-state index in [9.17, 15) is 0 Å². The van der Waals surface area contributed by atoms with Crippen molar-refractivity contribution < 1.29 is 9.13 Å². The molecule has 4 heteroatoms. The molecule has 8 rings (SSSR count). The average molecular weight is 655 g/mol. The second-order valence-electron chi connectivity index (χ2n) is 12.0. The van der Waals surface area contributed by atoms with Gasteiger partial charge in [0.1, 0.15) is 0 Å². The van der Waals surface area contributed by atoms with Gasteiger partial charge in [0.05, 0.1) is 0 Å². The lowest BCUT2D eigenvalue weighted by atomic mass is 9.94.